The van der Waals surface area contributed by atoms with Crippen molar-refractivity contribution in [2.45, 2.75) is 26.2 Å². The SMILES string of the molecule is C=CC1=C(C(=C)C)CCCCN1c1nc(=N)n(C=N)c2ccc(F)cc12. The quantitative estimate of drug-likeness (QED) is 0.643. The maximum atomic E-state index is 14.0. The predicted octanol–water partition coefficient (Wildman–Crippen LogP) is 4.12. The Bertz CT molecular complexity index is 999. The molecule has 0 bridgehead atoms. The number of aromatic nitrogens is 2. The summed E-state index contributed by atoms with van der Waals surface area (Å²) in [7, 11) is 0. The minimum atomic E-state index is -0.381. The molecule has 0 aliphatic carbocycles. The van der Waals surface area contributed by atoms with Gasteiger partial charge in [0, 0.05) is 17.6 Å². The minimum Gasteiger partial charge on any atom is -0.325 e. The monoisotopic (exact) mass is 351 g/mol. The smallest absolute Gasteiger partial charge is 0.229 e. The second-order valence-electron chi connectivity index (χ2n) is 6.38. The summed E-state index contributed by atoms with van der Waals surface area (Å²) in [4.78, 5) is 6.39. The van der Waals surface area contributed by atoms with Gasteiger partial charge >= 0.3 is 0 Å². The number of halogens is 1. The van der Waals surface area contributed by atoms with E-state index in [1.807, 2.05) is 11.8 Å². The van der Waals surface area contributed by atoms with Gasteiger partial charge in [-0.2, -0.15) is 4.98 Å². The van der Waals surface area contributed by atoms with Crippen molar-refractivity contribution in [1.82, 2.24) is 9.55 Å². The van der Waals surface area contributed by atoms with E-state index in [0.29, 0.717) is 23.3 Å². The van der Waals surface area contributed by atoms with Crippen LogP contribution in [0.15, 0.2) is 54.3 Å². The molecule has 0 saturated carbocycles. The Labute approximate surface area is 151 Å². The van der Waals surface area contributed by atoms with Crippen molar-refractivity contribution < 1.29 is 4.39 Å². The van der Waals surface area contributed by atoms with Crippen LogP contribution < -0.4 is 10.5 Å². The molecule has 2 heterocycles. The van der Waals surface area contributed by atoms with Gasteiger partial charge in [-0.3, -0.25) is 15.4 Å². The molecule has 6 heteroatoms. The van der Waals surface area contributed by atoms with Gasteiger partial charge in [0.15, 0.2) is 0 Å². The largest absolute Gasteiger partial charge is 0.325 e. The molecule has 1 aliphatic heterocycles. The number of benzene rings is 1. The Morgan fingerprint density at radius 3 is 2.77 bits per heavy atom. The van der Waals surface area contributed by atoms with Crippen molar-refractivity contribution in [3.05, 3.63) is 65.7 Å². The van der Waals surface area contributed by atoms with Crippen LogP contribution in [0.2, 0.25) is 0 Å². The number of allylic oxidation sites excluding steroid dienone is 3. The molecule has 0 radical (unpaired) electrons. The molecule has 0 fully saturated rings. The van der Waals surface area contributed by atoms with Gasteiger partial charge in [0.1, 0.15) is 11.6 Å². The van der Waals surface area contributed by atoms with Gasteiger partial charge < -0.3 is 4.90 Å². The molecule has 0 amide bonds. The van der Waals surface area contributed by atoms with Crippen molar-refractivity contribution in [1.29, 1.82) is 10.8 Å². The van der Waals surface area contributed by atoms with Crippen LogP contribution in [0.1, 0.15) is 26.2 Å². The van der Waals surface area contributed by atoms with Crippen LogP contribution >= 0.6 is 0 Å². The lowest BCUT2D eigenvalue weighted by Crippen LogP contribution is -2.30. The first-order valence-corrected chi connectivity index (χ1v) is 8.54. The third-order valence-corrected chi connectivity index (χ3v) is 4.65. The summed E-state index contributed by atoms with van der Waals surface area (Å²) in [5.41, 5.74) is 3.48. The molecule has 0 saturated heterocycles. The van der Waals surface area contributed by atoms with Crippen LogP contribution in [-0.2, 0) is 0 Å². The maximum absolute atomic E-state index is 14.0. The fourth-order valence-corrected chi connectivity index (χ4v) is 3.43. The lowest BCUT2D eigenvalue weighted by atomic mass is 10.0. The van der Waals surface area contributed by atoms with Gasteiger partial charge in [-0.05, 0) is 56.0 Å². The molecule has 2 aromatic rings. The van der Waals surface area contributed by atoms with Gasteiger partial charge in [-0.1, -0.05) is 18.7 Å². The van der Waals surface area contributed by atoms with E-state index in [1.165, 1.54) is 16.7 Å². The summed E-state index contributed by atoms with van der Waals surface area (Å²) < 4.78 is 15.3. The Morgan fingerprint density at radius 2 is 2.12 bits per heavy atom. The minimum absolute atomic E-state index is 0.0707. The molecule has 1 aromatic heterocycles. The van der Waals surface area contributed by atoms with E-state index in [4.69, 9.17) is 10.8 Å². The van der Waals surface area contributed by atoms with Crippen molar-refractivity contribution in [3.63, 3.8) is 0 Å². The molecule has 26 heavy (non-hydrogen) atoms. The van der Waals surface area contributed by atoms with Crippen LogP contribution in [0.4, 0.5) is 10.2 Å². The average molecular weight is 351 g/mol. The second kappa shape index (κ2) is 7.07. The highest BCUT2D eigenvalue weighted by atomic mass is 19.1. The number of hydrogen-bond donors (Lipinski definition) is 2. The van der Waals surface area contributed by atoms with Crippen LogP contribution in [-0.4, -0.2) is 22.4 Å². The maximum Gasteiger partial charge on any atom is 0.229 e. The molecule has 0 atom stereocenters. The zero-order valence-corrected chi connectivity index (χ0v) is 14.8. The molecule has 134 valence electrons. The van der Waals surface area contributed by atoms with Crippen LogP contribution in [0.25, 0.3) is 10.9 Å². The van der Waals surface area contributed by atoms with Crippen LogP contribution in [0.3, 0.4) is 0 Å². The highest BCUT2D eigenvalue weighted by molar-refractivity contribution is 5.93. The fraction of sp³-hybridized carbons (Fsp3) is 0.250. The third-order valence-electron chi connectivity index (χ3n) is 4.65. The first-order valence-electron chi connectivity index (χ1n) is 8.54. The number of anilines is 1. The summed E-state index contributed by atoms with van der Waals surface area (Å²) in [5, 5.41) is 16.3. The summed E-state index contributed by atoms with van der Waals surface area (Å²) in [6.45, 7) is 10.7. The first-order chi connectivity index (χ1) is 12.5. The summed E-state index contributed by atoms with van der Waals surface area (Å²) in [5.74, 6) is 0.132. The number of fused-ring (bicyclic) bond motifs is 1. The van der Waals surface area contributed by atoms with E-state index in [-0.39, 0.29) is 11.4 Å². The highest BCUT2D eigenvalue weighted by Crippen LogP contribution is 2.33. The number of hydrogen-bond acceptors (Lipinski definition) is 4. The Morgan fingerprint density at radius 1 is 1.35 bits per heavy atom. The van der Waals surface area contributed by atoms with Gasteiger partial charge in [-0.25, -0.2) is 4.39 Å². The van der Waals surface area contributed by atoms with Crippen LogP contribution in [0, 0.1) is 16.6 Å². The van der Waals surface area contributed by atoms with Crippen molar-refractivity contribution in [2.75, 3.05) is 11.4 Å². The molecule has 1 aliphatic rings. The van der Waals surface area contributed by atoms with Gasteiger partial charge in [0.05, 0.1) is 11.9 Å². The normalized spacial score (nSPS) is 15.1. The summed E-state index contributed by atoms with van der Waals surface area (Å²) >= 11 is 0. The molecular weight excluding hydrogens is 329 g/mol. The summed E-state index contributed by atoms with van der Waals surface area (Å²) in [6.07, 6.45) is 5.66. The van der Waals surface area contributed by atoms with Gasteiger partial charge in [0.2, 0.25) is 5.62 Å². The molecule has 5 nitrogen and oxygen atoms in total. The van der Waals surface area contributed by atoms with Crippen LogP contribution in [0.5, 0.6) is 0 Å². The zero-order valence-electron chi connectivity index (χ0n) is 14.8. The number of nitrogens with zero attached hydrogens (tertiary/aromatic N) is 3. The topological polar surface area (TPSA) is 68.8 Å². The Kier molecular flexibility index (Phi) is 4.84. The number of nitrogens with one attached hydrogen (secondary N) is 2. The zero-order chi connectivity index (χ0) is 18.8. The molecule has 0 spiro atoms. The number of rotatable bonds is 4. The van der Waals surface area contributed by atoms with E-state index in [0.717, 1.165) is 42.4 Å². The third kappa shape index (κ3) is 2.98. The van der Waals surface area contributed by atoms with E-state index in [1.54, 1.807) is 12.1 Å². The molecule has 0 unspecified atom stereocenters. The van der Waals surface area contributed by atoms with Gasteiger partial charge in [-0.15, -0.1) is 0 Å². The van der Waals surface area contributed by atoms with E-state index < -0.39 is 0 Å². The van der Waals surface area contributed by atoms with Crippen molar-refractivity contribution in [2.24, 2.45) is 0 Å². The lowest BCUT2D eigenvalue weighted by molar-refractivity contribution is 0.629. The van der Waals surface area contributed by atoms with Crippen molar-refractivity contribution in [3.8, 4) is 0 Å². The molecule has 3 rings (SSSR count). The van der Waals surface area contributed by atoms with Gasteiger partial charge in [0.25, 0.3) is 0 Å². The molecule has 2 N–H and O–H groups in total. The fourth-order valence-electron chi connectivity index (χ4n) is 3.43. The lowest BCUT2D eigenvalue weighted by Gasteiger charge is -2.27. The van der Waals surface area contributed by atoms with E-state index in [9.17, 15) is 4.39 Å². The summed E-state index contributed by atoms with van der Waals surface area (Å²) in [6, 6.07) is 4.31. The first kappa shape index (κ1) is 17.8. The standard InChI is InChI=1S/C20H22FN5/c1-4-17-15(13(2)3)7-5-6-10-25(17)19-16-11-14(21)8-9-18(16)26(12-22)20(23)24-19/h4,8-9,11-12,22-23H,1-2,5-7,10H2,3H3. The molecular formula is C20H22FN5. The molecule has 1 aromatic carbocycles. The van der Waals surface area contributed by atoms with E-state index >= 15 is 0 Å². The average Bonchev–Trinajstić information content (AvgIpc) is 2.83. The second-order valence-corrected chi connectivity index (χ2v) is 6.38. The van der Waals surface area contributed by atoms with Crippen molar-refractivity contribution >= 4 is 23.1 Å². The van der Waals surface area contributed by atoms with E-state index in [2.05, 4.69) is 18.1 Å². The predicted molar refractivity (Wildman–Crippen MR) is 103 cm³/mol. The Balaban J connectivity index is 2.36. The highest BCUT2D eigenvalue weighted by Gasteiger charge is 2.22. The Hall–Kier alpha value is -3.02.